The van der Waals surface area contributed by atoms with Gasteiger partial charge in [-0.1, -0.05) is 259 Å². The van der Waals surface area contributed by atoms with Crippen LogP contribution in [-0.4, -0.2) is 161 Å². The number of ether oxygens (including phenoxy) is 6. The van der Waals surface area contributed by atoms with Gasteiger partial charge in [0.2, 0.25) is 11.8 Å². The van der Waals surface area contributed by atoms with E-state index in [0.29, 0.717) is 32.3 Å². The number of aliphatic hydroxyl groups is 3. The number of rotatable bonds is 61. The topological polar surface area (TPSA) is 278 Å². The summed E-state index contributed by atoms with van der Waals surface area (Å²) in [7, 11) is -5.35. The maximum absolute atomic E-state index is 15.2. The van der Waals surface area contributed by atoms with Gasteiger partial charge in [0.05, 0.1) is 37.4 Å². The Morgan fingerprint density at radius 1 is 0.500 bits per heavy atom. The number of phosphoric ester groups is 1. The Balaban J connectivity index is 2.33. The summed E-state index contributed by atoms with van der Waals surface area (Å²) in [5, 5.41) is 50.1. The van der Waals surface area contributed by atoms with Crippen LogP contribution in [-0.2, 0) is 51.9 Å². The number of amides is 2. The van der Waals surface area contributed by atoms with E-state index in [2.05, 4.69) is 38.3 Å². The molecule has 0 aromatic heterocycles. The number of aliphatic carboxylic acids is 1. The molecule has 0 unspecified atom stereocenters. The number of phosphoric acid groups is 1. The summed E-state index contributed by atoms with van der Waals surface area (Å²) in [5.74, 6) is -2.82. The molecule has 2 rings (SSSR count). The van der Waals surface area contributed by atoms with Crippen molar-refractivity contribution in [3.8, 4) is 0 Å². The first-order valence-corrected chi connectivity index (χ1v) is 37.9. The number of halogens is 1. The third kappa shape index (κ3) is 40.5. The fourth-order valence-corrected chi connectivity index (χ4v) is 13.1. The molecule has 0 bridgehead atoms. The zero-order chi connectivity index (χ0) is 66.0. The Morgan fingerprint density at radius 2 is 0.933 bits per heavy atom. The van der Waals surface area contributed by atoms with E-state index in [9.17, 15) is 49.2 Å². The van der Waals surface area contributed by atoms with E-state index in [1.54, 1.807) is 0 Å². The van der Waals surface area contributed by atoms with Gasteiger partial charge in [0.25, 0.3) is 0 Å². The maximum Gasteiger partial charge on any atom is 0.470 e. The summed E-state index contributed by atoms with van der Waals surface area (Å²) >= 11 is 0. The van der Waals surface area contributed by atoms with Crippen LogP contribution in [0, 0.1) is 0 Å². The molecule has 0 saturated carbocycles. The number of aliphatic hydroxyl groups excluding tert-OH is 3. The van der Waals surface area contributed by atoms with Gasteiger partial charge in [0.15, 0.2) is 12.4 Å². The molecule has 0 radical (unpaired) electrons. The van der Waals surface area contributed by atoms with E-state index in [1.807, 2.05) is 0 Å². The van der Waals surface area contributed by atoms with Crippen molar-refractivity contribution in [2.45, 2.75) is 390 Å². The molecule has 2 fully saturated rings. The van der Waals surface area contributed by atoms with Gasteiger partial charge >= 0.3 is 13.8 Å². The Bertz CT molecular complexity index is 1790. The average molecular weight is 1310 g/mol. The van der Waals surface area contributed by atoms with Crippen LogP contribution in [0.4, 0.5) is 4.39 Å². The molecular formula is C69H132FN2O17P. The Labute approximate surface area is 543 Å². The molecule has 532 valence electrons. The molecule has 13 atom stereocenters. The Hall–Kier alpha value is -1.91. The van der Waals surface area contributed by atoms with Crippen molar-refractivity contribution in [1.82, 2.24) is 10.6 Å². The number of hydrogen-bond donors (Lipinski definition) is 8. The number of hydrogen-bond acceptors (Lipinski definition) is 14. The highest BCUT2D eigenvalue weighted by atomic mass is 31.2. The zero-order valence-corrected chi connectivity index (χ0v) is 57.8. The molecule has 0 aliphatic carbocycles. The zero-order valence-electron chi connectivity index (χ0n) is 56.9. The molecule has 90 heavy (non-hydrogen) atoms. The van der Waals surface area contributed by atoms with E-state index >= 15 is 4.39 Å². The highest BCUT2D eigenvalue weighted by Gasteiger charge is 2.53. The van der Waals surface area contributed by atoms with Crippen molar-refractivity contribution in [2.24, 2.45) is 0 Å². The van der Waals surface area contributed by atoms with Gasteiger partial charge in [-0.05, 0) is 38.5 Å². The fraction of sp³-hybridized carbons (Fsp3) is 0.957. The second-order valence-electron chi connectivity index (χ2n) is 26.1. The van der Waals surface area contributed by atoms with Crippen molar-refractivity contribution in [3.05, 3.63) is 0 Å². The van der Waals surface area contributed by atoms with Gasteiger partial charge in [0, 0.05) is 26.7 Å². The largest absolute Gasteiger partial charge is 0.479 e. The van der Waals surface area contributed by atoms with Crippen LogP contribution in [0.1, 0.15) is 311 Å². The summed E-state index contributed by atoms with van der Waals surface area (Å²) in [5.41, 5.74) is 0. The molecule has 2 saturated heterocycles. The van der Waals surface area contributed by atoms with E-state index < -0.39 is 112 Å². The molecule has 19 nitrogen and oxygen atoms in total. The van der Waals surface area contributed by atoms with E-state index in [1.165, 1.54) is 148 Å². The highest BCUT2D eigenvalue weighted by Crippen LogP contribution is 2.43. The summed E-state index contributed by atoms with van der Waals surface area (Å²) in [4.78, 5) is 60.1. The van der Waals surface area contributed by atoms with E-state index in [0.717, 1.165) is 96.3 Å². The lowest BCUT2D eigenvalue weighted by atomic mass is 9.91. The van der Waals surface area contributed by atoms with Crippen LogP contribution in [0.25, 0.3) is 0 Å². The highest BCUT2D eigenvalue weighted by molar-refractivity contribution is 7.46. The summed E-state index contributed by atoms with van der Waals surface area (Å²) in [6.45, 7) is 8.39. The number of carbonyl (C=O) groups excluding carboxylic acids is 2. The molecule has 0 spiro atoms. The molecule has 2 heterocycles. The van der Waals surface area contributed by atoms with Crippen molar-refractivity contribution < 1.29 is 86.5 Å². The Kier molecular flexibility index (Phi) is 50.7. The SMILES string of the molecule is CCCCCCCCCCCCO[C@H](CCCCCCCCCCC)CCO[C@@H]1[C@@H](NC(C)=O)[C@H](OC[C@H]2O[C@H](C(=O)O)[C@H](NC(=O)C[C@H](O)CCCCCCCCCCC)[C@@H](OCC[C@H](O)CCCCCCCCCCC)[C@@H]2O)O[C@H](CF)[C@@H]1OP(=O)(O)O. The van der Waals surface area contributed by atoms with Gasteiger partial charge < -0.3 is 69.3 Å². The van der Waals surface area contributed by atoms with Crippen molar-refractivity contribution in [1.29, 1.82) is 0 Å². The first-order valence-electron chi connectivity index (χ1n) is 36.4. The van der Waals surface area contributed by atoms with Crippen LogP contribution in [0.2, 0.25) is 0 Å². The second kappa shape index (κ2) is 54.2. The van der Waals surface area contributed by atoms with Crippen LogP contribution in [0.3, 0.4) is 0 Å². The van der Waals surface area contributed by atoms with Crippen LogP contribution < -0.4 is 10.6 Å². The lowest BCUT2D eigenvalue weighted by Gasteiger charge is -2.47. The predicted octanol–water partition coefficient (Wildman–Crippen LogP) is 14.1. The lowest BCUT2D eigenvalue weighted by molar-refractivity contribution is -0.287. The minimum atomic E-state index is -5.35. The molecule has 2 amide bonds. The molecular weight excluding hydrogens is 1180 g/mol. The fourth-order valence-electron chi connectivity index (χ4n) is 12.5. The summed E-state index contributed by atoms with van der Waals surface area (Å²) in [6.07, 6.45) is 28.7. The average Bonchev–Trinajstić information content (AvgIpc) is 1.06. The molecule has 2 aliphatic rings. The lowest BCUT2D eigenvalue weighted by Crippen LogP contribution is -2.68. The monoisotopic (exact) mass is 1310 g/mol. The minimum Gasteiger partial charge on any atom is -0.479 e. The van der Waals surface area contributed by atoms with Gasteiger partial charge in [-0.3, -0.25) is 14.1 Å². The van der Waals surface area contributed by atoms with Crippen LogP contribution in [0.5, 0.6) is 0 Å². The quantitative estimate of drug-likeness (QED) is 0.0208. The number of nitrogens with one attached hydrogen (secondary N) is 2. The number of carboxylic acid groups (broad SMARTS) is 1. The predicted molar refractivity (Wildman–Crippen MR) is 352 cm³/mol. The summed E-state index contributed by atoms with van der Waals surface area (Å²) in [6, 6.07) is -2.88. The number of carbonyl (C=O) groups is 3. The first kappa shape index (κ1) is 84.2. The number of unbranched alkanes of at least 4 members (excludes halogenated alkanes) is 33. The standard InChI is InChI=1S/C69H132FN2O17P/c1-6-10-14-18-22-26-30-34-38-42-48-83-57(45-41-37-33-29-25-21-17-13-9-4)47-50-85-66-62(71-54(5)73)69(88-58(52-70)64(66)89-90(80,81)82)86-53-59-63(77)65(84-49-46-55(74)43-39-35-31-27-23-19-15-11-7-2)61(67(87-59)68(78)79)72-60(76)51-56(75)44-40-36-32-28-24-20-16-12-8-3/h55-59,61-67,69,74-75,77H,6-53H2,1-5H3,(H,71,73)(H,72,76)(H,78,79)(H2,80,81,82)/t55-,56-,57-,58-,59-,61-,62-,63-,64+,65-,66-,67+,69-/m1/s1. The number of alkyl halides is 1. The smallest absolute Gasteiger partial charge is 0.470 e. The molecule has 21 heteroatoms. The Morgan fingerprint density at radius 3 is 1.39 bits per heavy atom. The van der Waals surface area contributed by atoms with Crippen molar-refractivity contribution in [2.75, 3.05) is 33.1 Å². The normalized spacial score (nSPS) is 23.2. The van der Waals surface area contributed by atoms with Crippen molar-refractivity contribution >= 4 is 25.6 Å². The summed E-state index contributed by atoms with van der Waals surface area (Å²) < 4.78 is 70.4. The molecule has 0 aromatic rings. The van der Waals surface area contributed by atoms with Gasteiger partial charge in [-0.2, -0.15) is 0 Å². The minimum absolute atomic E-state index is 0.0470. The van der Waals surface area contributed by atoms with Crippen molar-refractivity contribution in [3.63, 3.8) is 0 Å². The third-order valence-electron chi connectivity index (χ3n) is 17.8. The molecule has 2 aliphatic heterocycles. The first-order chi connectivity index (χ1) is 43.5. The molecule has 8 N–H and O–H groups in total. The third-order valence-corrected chi connectivity index (χ3v) is 18.4. The van der Waals surface area contributed by atoms with Crippen LogP contribution >= 0.6 is 7.82 Å². The van der Waals surface area contributed by atoms with E-state index in [4.69, 9.17) is 32.9 Å². The van der Waals surface area contributed by atoms with Crippen LogP contribution in [0.15, 0.2) is 0 Å². The second-order valence-corrected chi connectivity index (χ2v) is 27.3. The van der Waals surface area contributed by atoms with Gasteiger partial charge in [-0.25, -0.2) is 13.8 Å². The van der Waals surface area contributed by atoms with Gasteiger partial charge in [0.1, 0.15) is 49.3 Å². The van der Waals surface area contributed by atoms with E-state index in [-0.39, 0.29) is 32.2 Å². The molecule has 0 aromatic carbocycles. The number of carboxylic acids is 1. The maximum atomic E-state index is 15.2. The van der Waals surface area contributed by atoms with Gasteiger partial charge in [-0.15, -0.1) is 0 Å².